The fourth-order valence-electron chi connectivity index (χ4n) is 8.25. The van der Waals surface area contributed by atoms with Gasteiger partial charge in [0.15, 0.2) is 0 Å². The van der Waals surface area contributed by atoms with Gasteiger partial charge in [-0.3, -0.25) is 4.57 Å². The Morgan fingerprint density at radius 2 is 1.29 bits per heavy atom. The van der Waals surface area contributed by atoms with Crippen LogP contribution in [0.2, 0.25) is 19.6 Å². The van der Waals surface area contributed by atoms with Gasteiger partial charge in [-0.1, -0.05) is 137 Å². The topological polar surface area (TPSA) is 31.0 Å². The van der Waals surface area contributed by atoms with Crippen molar-refractivity contribution in [3.63, 3.8) is 0 Å². The van der Waals surface area contributed by atoms with Crippen molar-refractivity contribution in [1.29, 1.82) is 0 Å². The third kappa shape index (κ3) is 5.11. The Morgan fingerprint density at radius 1 is 0.596 bits per heavy atom. The van der Waals surface area contributed by atoms with E-state index < -0.39 is 8.07 Å². The number of nitrogens with zero attached hydrogens (tertiary/aromatic N) is 2. The number of para-hydroxylation sites is 3. The molecule has 0 aliphatic carbocycles. The van der Waals surface area contributed by atoms with Gasteiger partial charge in [-0.2, -0.15) is 0 Å². The first-order valence-electron chi connectivity index (χ1n) is 18.6. The van der Waals surface area contributed by atoms with Gasteiger partial charge in [0.05, 0.1) is 30.4 Å². The smallest absolute Gasteiger partial charge is 0.149 e. The zero-order valence-electron chi connectivity index (χ0n) is 31.1. The third-order valence-electron chi connectivity index (χ3n) is 10.8. The SMILES string of the molecule is CC(C)c1cc(-c2ccccc2)cc(C(C)C)c1-n1c(-c2cccc3c2oc2cc4c(ccc5cccc([Si](C)(C)C)c54)cc23)nc2ccccc21. The maximum atomic E-state index is 7.00. The molecule has 256 valence electrons. The van der Waals surface area contributed by atoms with Gasteiger partial charge in [0.25, 0.3) is 0 Å². The Kier molecular flexibility index (Phi) is 7.53. The van der Waals surface area contributed by atoms with Crippen LogP contribution < -0.4 is 5.19 Å². The van der Waals surface area contributed by atoms with E-state index >= 15 is 0 Å². The van der Waals surface area contributed by atoms with Crippen LogP contribution in [0.4, 0.5) is 0 Å². The average molecular weight is 693 g/mol. The molecule has 0 saturated heterocycles. The Balaban J connectivity index is 1.35. The van der Waals surface area contributed by atoms with E-state index in [0.717, 1.165) is 44.4 Å². The molecule has 0 N–H and O–H groups in total. The molecule has 9 aromatic rings. The zero-order valence-corrected chi connectivity index (χ0v) is 32.1. The fourth-order valence-corrected chi connectivity index (χ4v) is 9.88. The monoisotopic (exact) mass is 692 g/mol. The lowest BCUT2D eigenvalue weighted by atomic mass is 9.88. The summed E-state index contributed by atoms with van der Waals surface area (Å²) in [5.41, 5.74) is 11.2. The highest BCUT2D eigenvalue weighted by molar-refractivity contribution is 6.90. The maximum Gasteiger partial charge on any atom is 0.149 e. The number of rotatable bonds is 6. The molecule has 3 nitrogen and oxygen atoms in total. The van der Waals surface area contributed by atoms with E-state index in [2.05, 4.69) is 179 Å². The number of furan rings is 1. The summed E-state index contributed by atoms with van der Waals surface area (Å²) in [6.07, 6.45) is 0. The molecule has 7 aromatic carbocycles. The van der Waals surface area contributed by atoms with Crippen molar-refractivity contribution in [2.24, 2.45) is 0 Å². The van der Waals surface area contributed by atoms with Crippen LogP contribution in [-0.2, 0) is 0 Å². The number of fused-ring (bicyclic) bond motifs is 7. The third-order valence-corrected chi connectivity index (χ3v) is 12.9. The molecule has 0 bridgehead atoms. The summed E-state index contributed by atoms with van der Waals surface area (Å²) in [7, 11) is -1.61. The highest BCUT2D eigenvalue weighted by atomic mass is 28.3. The van der Waals surface area contributed by atoms with Crippen molar-refractivity contribution in [2.75, 3.05) is 0 Å². The molecule has 2 aromatic heterocycles. The van der Waals surface area contributed by atoms with Gasteiger partial charge in [0.1, 0.15) is 17.0 Å². The van der Waals surface area contributed by atoms with Crippen molar-refractivity contribution in [3.05, 3.63) is 139 Å². The van der Waals surface area contributed by atoms with Gasteiger partial charge in [0.2, 0.25) is 0 Å². The first-order valence-corrected chi connectivity index (χ1v) is 22.1. The Morgan fingerprint density at radius 3 is 2.02 bits per heavy atom. The first kappa shape index (κ1) is 32.5. The summed E-state index contributed by atoms with van der Waals surface area (Å²) in [5.74, 6) is 1.48. The van der Waals surface area contributed by atoms with Gasteiger partial charge in [-0.25, -0.2) is 4.98 Å². The number of hydrogen-bond acceptors (Lipinski definition) is 2. The quantitative estimate of drug-likeness (QED) is 0.128. The van der Waals surface area contributed by atoms with Crippen molar-refractivity contribution in [1.82, 2.24) is 9.55 Å². The number of aromatic nitrogens is 2. The average Bonchev–Trinajstić information content (AvgIpc) is 3.71. The minimum absolute atomic E-state index is 0.287. The molecule has 0 amide bonds. The van der Waals surface area contributed by atoms with E-state index in [0.29, 0.717) is 0 Å². The van der Waals surface area contributed by atoms with Crippen LogP contribution in [0, 0.1) is 0 Å². The molecule has 0 saturated carbocycles. The molecule has 2 heterocycles. The first-order chi connectivity index (χ1) is 25.1. The normalized spacial score (nSPS) is 12.5. The second-order valence-corrected chi connectivity index (χ2v) is 21.1. The lowest BCUT2D eigenvalue weighted by Crippen LogP contribution is -2.38. The summed E-state index contributed by atoms with van der Waals surface area (Å²) in [6.45, 7) is 16.5. The van der Waals surface area contributed by atoms with E-state index in [9.17, 15) is 0 Å². The molecule has 0 fully saturated rings. The molecular formula is C48H44N2OSi. The molecule has 0 atom stereocenters. The predicted molar refractivity (Wildman–Crippen MR) is 225 cm³/mol. The van der Waals surface area contributed by atoms with Crippen molar-refractivity contribution in [3.8, 4) is 28.2 Å². The molecule has 0 aliphatic rings. The molecule has 4 heteroatoms. The summed E-state index contributed by atoms with van der Waals surface area (Å²) in [5, 5.41) is 8.89. The van der Waals surface area contributed by atoms with Crippen LogP contribution in [0.1, 0.15) is 50.7 Å². The van der Waals surface area contributed by atoms with E-state index in [1.54, 1.807) is 0 Å². The fraction of sp³-hybridized carbons (Fsp3) is 0.188. The van der Waals surface area contributed by atoms with E-state index in [1.807, 2.05) is 0 Å². The van der Waals surface area contributed by atoms with Crippen molar-refractivity contribution < 1.29 is 4.42 Å². The van der Waals surface area contributed by atoms with Gasteiger partial charge in [0, 0.05) is 10.8 Å². The summed E-state index contributed by atoms with van der Waals surface area (Å²) < 4.78 is 9.42. The Bertz CT molecular complexity index is 2800. The van der Waals surface area contributed by atoms with Gasteiger partial charge in [-0.15, -0.1) is 0 Å². The molecule has 52 heavy (non-hydrogen) atoms. The highest BCUT2D eigenvalue weighted by Crippen LogP contribution is 2.43. The zero-order chi connectivity index (χ0) is 35.9. The number of imidazole rings is 1. The van der Waals surface area contributed by atoms with E-state index in [4.69, 9.17) is 9.40 Å². The van der Waals surface area contributed by atoms with Gasteiger partial charge >= 0.3 is 0 Å². The minimum atomic E-state index is -1.61. The second-order valence-electron chi connectivity index (χ2n) is 16.0. The molecule has 0 spiro atoms. The van der Waals surface area contributed by atoms with Crippen LogP contribution in [-0.4, -0.2) is 17.6 Å². The molecule has 0 radical (unpaired) electrons. The van der Waals surface area contributed by atoms with Crippen molar-refractivity contribution in [2.45, 2.75) is 59.2 Å². The van der Waals surface area contributed by atoms with Crippen LogP contribution in [0.25, 0.3) is 82.7 Å². The Hall–Kier alpha value is -5.45. The highest BCUT2D eigenvalue weighted by Gasteiger charge is 2.26. The van der Waals surface area contributed by atoms with E-state index in [-0.39, 0.29) is 11.8 Å². The van der Waals surface area contributed by atoms with Crippen LogP contribution in [0.15, 0.2) is 132 Å². The van der Waals surface area contributed by atoms with Gasteiger partial charge in [-0.05, 0) is 98.1 Å². The largest absolute Gasteiger partial charge is 0.455 e. The van der Waals surface area contributed by atoms with Crippen LogP contribution in [0.5, 0.6) is 0 Å². The van der Waals surface area contributed by atoms with Crippen LogP contribution >= 0.6 is 0 Å². The predicted octanol–water partition coefficient (Wildman–Crippen LogP) is 13.4. The van der Waals surface area contributed by atoms with E-state index in [1.165, 1.54) is 54.7 Å². The second kappa shape index (κ2) is 12.1. The number of hydrogen-bond donors (Lipinski definition) is 0. The number of benzene rings is 7. The molecular weight excluding hydrogens is 649 g/mol. The molecule has 0 aliphatic heterocycles. The molecule has 0 unspecified atom stereocenters. The lowest BCUT2D eigenvalue weighted by molar-refractivity contribution is 0.670. The summed E-state index contributed by atoms with van der Waals surface area (Å²) >= 11 is 0. The summed E-state index contributed by atoms with van der Waals surface area (Å²) in [6, 6.07) is 46.6. The Labute approximate surface area is 306 Å². The van der Waals surface area contributed by atoms with Crippen molar-refractivity contribution >= 4 is 67.8 Å². The molecule has 9 rings (SSSR count). The summed E-state index contributed by atoms with van der Waals surface area (Å²) in [4.78, 5) is 5.40. The van der Waals surface area contributed by atoms with Crippen LogP contribution in [0.3, 0.4) is 0 Å². The lowest BCUT2D eigenvalue weighted by Gasteiger charge is -2.24. The standard InChI is InChI=1S/C48H44N2OSi/c1-29(2)37-26-34(31-15-9-8-10-16-31)27-38(30(3)4)46(37)50-42-21-12-11-20-41(42)49-48(50)36-19-14-18-35-40-25-33-24-23-32-17-13-22-44(52(5,6)7)45(32)39(33)28-43(40)51-47(35)36/h8-30H,1-7H3. The minimum Gasteiger partial charge on any atom is -0.455 e. The van der Waals surface area contributed by atoms with Gasteiger partial charge < -0.3 is 4.42 Å². The maximum absolute atomic E-state index is 7.00.